The van der Waals surface area contributed by atoms with E-state index in [1.54, 1.807) is 18.0 Å². The third-order valence-corrected chi connectivity index (χ3v) is 4.84. The second-order valence-corrected chi connectivity index (χ2v) is 6.83. The van der Waals surface area contributed by atoms with Gasteiger partial charge in [-0.25, -0.2) is 5.43 Å². The van der Waals surface area contributed by atoms with Gasteiger partial charge in [0.15, 0.2) is 0 Å². The molecule has 0 unspecified atom stereocenters. The Hall–Kier alpha value is -2.59. The number of nitrogens with zero attached hydrogens (tertiary/aromatic N) is 1. The SMILES string of the molecule is Cc1ccc(CSCC(=O)N/N=C\c2cccc3ccccc23)cc1. The van der Waals surface area contributed by atoms with Gasteiger partial charge in [-0.1, -0.05) is 72.3 Å². The van der Waals surface area contributed by atoms with Gasteiger partial charge in [0.2, 0.25) is 5.91 Å². The summed E-state index contributed by atoms with van der Waals surface area (Å²) in [5.41, 5.74) is 6.06. The number of rotatable bonds is 6. The minimum absolute atomic E-state index is 0.0893. The fourth-order valence-corrected chi connectivity index (χ4v) is 3.30. The van der Waals surface area contributed by atoms with Crippen LogP contribution < -0.4 is 5.43 Å². The number of nitrogens with one attached hydrogen (secondary N) is 1. The topological polar surface area (TPSA) is 41.5 Å². The maximum Gasteiger partial charge on any atom is 0.250 e. The van der Waals surface area contributed by atoms with Crippen LogP contribution >= 0.6 is 11.8 Å². The van der Waals surface area contributed by atoms with Crippen molar-refractivity contribution in [3.05, 3.63) is 83.4 Å². The van der Waals surface area contributed by atoms with Crippen LogP contribution in [0.25, 0.3) is 10.8 Å². The lowest BCUT2D eigenvalue weighted by molar-refractivity contribution is -0.118. The molecule has 1 amide bonds. The number of fused-ring (bicyclic) bond motifs is 1. The monoisotopic (exact) mass is 348 g/mol. The van der Waals surface area contributed by atoms with Crippen molar-refractivity contribution in [3.63, 3.8) is 0 Å². The molecule has 4 heteroatoms. The summed E-state index contributed by atoms with van der Waals surface area (Å²) in [6, 6.07) is 22.5. The van der Waals surface area contributed by atoms with Crippen LogP contribution in [0.4, 0.5) is 0 Å². The molecule has 3 rings (SSSR count). The standard InChI is InChI=1S/C21H20N2OS/c1-16-9-11-17(12-10-16)14-25-15-21(24)23-22-13-19-7-4-6-18-5-2-3-8-20(18)19/h2-13H,14-15H2,1H3,(H,23,24)/b22-13-. The highest BCUT2D eigenvalue weighted by Crippen LogP contribution is 2.16. The van der Waals surface area contributed by atoms with Crippen LogP contribution in [0.1, 0.15) is 16.7 Å². The number of hydrogen-bond acceptors (Lipinski definition) is 3. The van der Waals surface area contributed by atoms with Gasteiger partial charge in [-0.2, -0.15) is 5.10 Å². The predicted octanol–water partition coefficient (Wildman–Crippen LogP) is 4.53. The number of carbonyl (C=O) groups is 1. The molecule has 0 saturated heterocycles. The van der Waals surface area contributed by atoms with Gasteiger partial charge >= 0.3 is 0 Å². The Morgan fingerprint density at radius 3 is 2.64 bits per heavy atom. The third-order valence-electron chi connectivity index (χ3n) is 3.84. The van der Waals surface area contributed by atoms with E-state index in [1.807, 2.05) is 24.3 Å². The van der Waals surface area contributed by atoms with Gasteiger partial charge in [-0.15, -0.1) is 11.8 Å². The van der Waals surface area contributed by atoms with Crippen LogP contribution in [-0.2, 0) is 10.5 Å². The number of hydrazone groups is 1. The average Bonchev–Trinajstić information content (AvgIpc) is 2.64. The van der Waals surface area contributed by atoms with E-state index in [4.69, 9.17) is 0 Å². The van der Waals surface area contributed by atoms with Gasteiger partial charge in [0.1, 0.15) is 0 Å². The molecule has 0 saturated carbocycles. The van der Waals surface area contributed by atoms with Crippen molar-refractivity contribution in [2.45, 2.75) is 12.7 Å². The highest BCUT2D eigenvalue weighted by Gasteiger charge is 2.01. The highest BCUT2D eigenvalue weighted by molar-refractivity contribution is 7.99. The zero-order chi connectivity index (χ0) is 17.5. The van der Waals surface area contributed by atoms with E-state index >= 15 is 0 Å². The summed E-state index contributed by atoms with van der Waals surface area (Å²) in [5, 5.41) is 6.37. The van der Waals surface area contributed by atoms with Crippen molar-refractivity contribution in [3.8, 4) is 0 Å². The minimum Gasteiger partial charge on any atom is -0.272 e. The number of hydrogen-bond donors (Lipinski definition) is 1. The molecular weight excluding hydrogens is 328 g/mol. The molecule has 0 radical (unpaired) electrons. The van der Waals surface area contributed by atoms with Gasteiger partial charge in [0.05, 0.1) is 12.0 Å². The molecule has 3 aromatic carbocycles. The number of carbonyl (C=O) groups excluding carboxylic acids is 1. The zero-order valence-corrected chi connectivity index (χ0v) is 14.9. The quantitative estimate of drug-likeness (QED) is 0.525. The first-order chi connectivity index (χ1) is 12.2. The van der Waals surface area contributed by atoms with Crippen LogP contribution in [0.2, 0.25) is 0 Å². The molecule has 3 aromatic rings. The maximum absolute atomic E-state index is 11.9. The van der Waals surface area contributed by atoms with Gasteiger partial charge in [0.25, 0.3) is 0 Å². The molecule has 0 aliphatic carbocycles. The molecule has 0 aromatic heterocycles. The Kier molecular flexibility index (Phi) is 5.86. The summed E-state index contributed by atoms with van der Waals surface area (Å²) < 4.78 is 0. The van der Waals surface area contributed by atoms with Crippen molar-refractivity contribution in [1.29, 1.82) is 0 Å². The van der Waals surface area contributed by atoms with Crippen LogP contribution in [0.15, 0.2) is 71.8 Å². The third kappa shape index (κ3) is 4.94. The first-order valence-electron chi connectivity index (χ1n) is 8.15. The van der Waals surface area contributed by atoms with E-state index in [-0.39, 0.29) is 5.91 Å². The molecular formula is C21H20N2OS. The number of benzene rings is 3. The summed E-state index contributed by atoms with van der Waals surface area (Å²) in [4.78, 5) is 11.9. The second kappa shape index (κ2) is 8.49. The number of amides is 1. The van der Waals surface area contributed by atoms with E-state index in [9.17, 15) is 4.79 Å². The van der Waals surface area contributed by atoms with Crippen molar-refractivity contribution in [2.75, 3.05) is 5.75 Å². The summed E-state index contributed by atoms with van der Waals surface area (Å²) >= 11 is 1.58. The summed E-state index contributed by atoms with van der Waals surface area (Å²) in [6.07, 6.45) is 1.70. The fraction of sp³-hybridized carbons (Fsp3) is 0.143. The smallest absolute Gasteiger partial charge is 0.250 e. The Balaban J connectivity index is 1.50. The van der Waals surface area contributed by atoms with E-state index in [0.29, 0.717) is 5.75 Å². The van der Waals surface area contributed by atoms with Gasteiger partial charge in [0, 0.05) is 11.3 Å². The summed E-state index contributed by atoms with van der Waals surface area (Å²) in [6.45, 7) is 2.07. The highest BCUT2D eigenvalue weighted by atomic mass is 32.2. The maximum atomic E-state index is 11.9. The first kappa shape index (κ1) is 17.2. The Morgan fingerprint density at radius 2 is 1.80 bits per heavy atom. The first-order valence-corrected chi connectivity index (χ1v) is 9.31. The summed E-state index contributed by atoms with van der Waals surface area (Å²) in [7, 11) is 0. The van der Waals surface area contributed by atoms with Crippen LogP contribution in [0.5, 0.6) is 0 Å². The van der Waals surface area contributed by atoms with Gasteiger partial charge in [-0.05, 0) is 23.3 Å². The lowest BCUT2D eigenvalue weighted by Crippen LogP contribution is -2.19. The van der Waals surface area contributed by atoms with Gasteiger partial charge < -0.3 is 0 Å². The van der Waals surface area contributed by atoms with Crippen LogP contribution in [-0.4, -0.2) is 17.9 Å². The van der Waals surface area contributed by atoms with Crippen LogP contribution in [0.3, 0.4) is 0 Å². The van der Waals surface area contributed by atoms with Crippen LogP contribution in [0, 0.1) is 6.92 Å². The molecule has 126 valence electrons. The summed E-state index contributed by atoms with van der Waals surface area (Å²) in [5.74, 6) is 1.12. The largest absolute Gasteiger partial charge is 0.272 e. The molecule has 0 aliphatic heterocycles. The molecule has 0 heterocycles. The normalized spacial score (nSPS) is 11.1. The molecule has 0 fully saturated rings. The molecule has 0 atom stereocenters. The van der Waals surface area contributed by atoms with E-state index in [1.165, 1.54) is 11.1 Å². The molecule has 0 spiro atoms. The predicted molar refractivity (Wildman–Crippen MR) is 107 cm³/mol. The minimum atomic E-state index is -0.0893. The fourth-order valence-electron chi connectivity index (χ4n) is 2.52. The molecule has 0 bridgehead atoms. The Bertz CT molecular complexity index is 883. The molecule has 25 heavy (non-hydrogen) atoms. The Labute approximate surface area is 152 Å². The van der Waals surface area contributed by atoms with Crippen molar-refractivity contribution >= 4 is 34.7 Å². The lowest BCUT2D eigenvalue weighted by atomic mass is 10.1. The average molecular weight is 348 g/mol. The molecule has 0 aliphatic rings. The van der Waals surface area contributed by atoms with E-state index in [2.05, 4.69) is 59.9 Å². The Morgan fingerprint density at radius 1 is 1.04 bits per heavy atom. The lowest BCUT2D eigenvalue weighted by Gasteiger charge is -2.03. The number of aryl methyl sites for hydroxylation is 1. The van der Waals surface area contributed by atoms with E-state index in [0.717, 1.165) is 22.1 Å². The van der Waals surface area contributed by atoms with E-state index < -0.39 is 0 Å². The van der Waals surface area contributed by atoms with Gasteiger partial charge in [-0.3, -0.25) is 4.79 Å². The van der Waals surface area contributed by atoms with Crippen molar-refractivity contribution < 1.29 is 4.79 Å². The molecule has 3 nitrogen and oxygen atoms in total. The van der Waals surface area contributed by atoms with Crippen molar-refractivity contribution in [1.82, 2.24) is 5.43 Å². The second-order valence-electron chi connectivity index (χ2n) is 5.84. The number of thioether (sulfide) groups is 1. The zero-order valence-electron chi connectivity index (χ0n) is 14.1. The molecule has 1 N–H and O–H groups in total. The van der Waals surface area contributed by atoms with Crippen molar-refractivity contribution in [2.24, 2.45) is 5.10 Å².